The van der Waals surface area contributed by atoms with E-state index in [9.17, 15) is 13.2 Å². The predicted molar refractivity (Wildman–Crippen MR) is 102 cm³/mol. The van der Waals surface area contributed by atoms with Gasteiger partial charge in [0.1, 0.15) is 5.56 Å². The van der Waals surface area contributed by atoms with Gasteiger partial charge in [0.05, 0.1) is 11.1 Å². The molecule has 0 unspecified atom stereocenters. The van der Waals surface area contributed by atoms with Gasteiger partial charge < -0.3 is 5.32 Å². The Kier molecular flexibility index (Phi) is 6.07. The minimum Gasteiger partial charge on any atom is -0.352 e. The number of hydrogen-bond acceptors (Lipinski definition) is 4. The van der Waals surface area contributed by atoms with Gasteiger partial charge in [-0.2, -0.15) is 5.10 Å². The number of nitrogens with zero attached hydrogens (tertiary/aromatic N) is 3. The molecule has 0 aliphatic heterocycles. The molecule has 1 N–H and O–H groups in total. The number of nitrogens with one attached hydrogen (secondary N) is 1. The van der Waals surface area contributed by atoms with Gasteiger partial charge in [0.2, 0.25) is 0 Å². The number of aromatic nitrogens is 2. The first-order valence-corrected chi connectivity index (χ1v) is 9.94. The Balaban J connectivity index is 2.31. The van der Waals surface area contributed by atoms with Crippen molar-refractivity contribution < 1.29 is 13.2 Å². The number of anilines is 1. The lowest BCUT2D eigenvalue weighted by Crippen LogP contribution is -2.32. The Morgan fingerprint density at radius 3 is 2.46 bits per heavy atom. The number of carbonyl (C=O) groups is 1. The van der Waals surface area contributed by atoms with E-state index in [1.807, 2.05) is 6.92 Å². The highest BCUT2D eigenvalue weighted by Gasteiger charge is 2.28. The van der Waals surface area contributed by atoms with Gasteiger partial charge in [-0.25, -0.2) is 8.42 Å². The van der Waals surface area contributed by atoms with Crippen molar-refractivity contribution in [1.82, 2.24) is 15.1 Å². The fourth-order valence-corrected chi connectivity index (χ4v) is 3.76. The highest BCUT2D eigenvalue weighted by Crippen LogP contribution is 2.25. The second kappa shape index (κ2) is 7.90. The summed E-state index contributed by atoms with van der Waals surface area (Å²) in [6, 6.07) is 6.59. The molecule has 1 heterocycles. The molecular weight excluding hydrogens is 352 g/mol. The lowest BCUT2D eigenvalue weighted by Gasteiger charge is -2.21. The molecule has 0 fully saturated rings. The maximum absolute atomic E-state index is 12.9. The van der Waals surface area contributed by atoms with Crippen molar-refractivity contribution in [3.05, 3.63) is 41.6 Å². The lowest BCUT2D eigenvalue weighted by atomic mass is 10.1. The maximum Gasteiger partial charge on any atom is 0.265 e. The van der Waals surface area contributed by atoms with Crippen LogP contribution in [-0.4, -0.2) is 37.7 Å². The lowest BCUT2D eigenvalue weighted by molar-refractivity contribution is 0.0952. The van der Waals surface area contributed by atoms with Crippen LogP contribution in [-0.2, 0) is 17.1 Å². The van der Waals surface area contributed by atoms with Crippen molar-refractivity contribution in [2.24, 2.45) is 13.0 Å². The van der Waals surface area contributed by atoms with Crippen molar-refractivity contribution in [1.29, 1.82) is 0 Å². The summed E-state index contributed by atoms with van der Waals surface area (Å²) in [5.74, 6) is 0.362. The van der Waals surface area contributed by atoms with Crippen LogP contribution in [0.4, 0.5) is 5.82 Å². The van der Waals surface area contributed by atoms with E-state index in [-0.39, 0.29) is 22.2 Å². The summed E-state index contributed by atoms with van der Waals surface area (Å²) in [7, 11) is -0.758. The maximum atomic E-state index is 12.9. The molecule has 0 spiro atoms. The van der Waals surface area contributed by atoms with Crippen molar-refractivity contribution in [2.75, 3.05) is 17.9 Å². The minimum absolute atomic E-state index is 0.165. The monoisotopic (exact) mass is 378 g/mol. The summed E-state index contributed by atoms with van der Waals surface area (Å²) in [4.78, 5) is 12.7. The van der Waals surface area contributed by atoms with E-state index in [4.69, 9.17) is 0 Å². The zero-order valence-corrected chi connectivity index (χ0v) is 16.7. The first-order chi connectivity index (χ1) is 12.1. The summed E-state index contributed by atoms with van der Waals surface area (Å²) in [5, 5.41) is 6.90. The largest absolute Gasteiger partial charge is 0.352 e. The first-order valence-electron chi connectivity index (χ1n) is 8.50. The Morgan fingerprint density at radius 2 is 1.88 bits per heavy atom. The van der Waals surface area contributed by atoms with Crippen LogP contribution in [0.2, 0.25) is 0 Å². The van der Waals surface area contributed by atoms with E-state index in [0.717, 1.165) is 16.3 Å². The van der Waals surface area contributed by atoms with Gasteiger partial charge in [-0.15, -0.1) is 0 Å². The highest BCUT2D eigenvalue weighted by molar-refractivity contribution is 7.92. The average Bonchev–Trinajstić information content (AvgIpc) is 2.95. The first kappa shape index (κ1) is 20.0. The van der Waals surface area contributed by atoms with Gasteiger partial charge in [-0.1, -0.05) is 31.5 Å². The van der Waals surface area contributed by atoms with E-state index >= 15 is 0 Å². The van der Waals surface area contributed by atoms with Gasteiger partial charge >= 0.3 is 0 Å². The molecule has 26 heavy (non-hydrogen) atoms. The van der Waals surface area contributed by atoms with Crippen LogP contribution in [0.1, 0.15) is 36.2 Å². The van der Waals surface area contributed by atoms with Gasteiger partial charge in [-0.3, -0.25) is 13.8 Å². The quantitative estimate of drug-likeness (QED) is 0.801. The van der Waals surface area contributed by atoms with E-state index in [1.165, 1.54) is 17.9 Å². The molecule has 0 aliphatic rings. The highest BCUT2D eigenvalue weighted by atomic mass is 32.2. The van der Waals surface area contributed by atoms with Crippen LogP contribution in [0.25, 0.3) is 0 Å². The fraction of sp³-hybridized carbons (Fsp3) is 0.444. The third kappa shape index (κ3) is 4.24. The minimum atomic E-state index is -3.80. The van der Waals surface area contributed by atoms with Crippen molar-refractivity contribution >= 4 is 21.7 Å². The molecule has 0 aliphatic carbocycles. The molecular formula is C18H26N4O3S. The van der Waals surface area contributed by atoms with Crippen LogP contribution < -0.4 is 9.62 Å². The Morgan fingerprint density at radius 1 is 1.27 bits per heavy atom. The molecule has 0 saturated carbocycles. The molecule has 0 radical (unpaired) electrons. The molecule has 0 bridgehead atoms. The van der Waals surface area contributed by atoms with Crippen LogP contribution in [0, 0.1) is 12.8 Å². The summed E-state index contributed by atoms with van der Waals surface area (Å²) in [5.41, 5.74) is 1.20. The standard InChI is InChI=1S/C18H26N4O3S/c1-13(2)10-11-19-17(23)16-12-20-21(4)18(16)22(5)26(24,25)15-8-6-14(3)7-9-15/h6-9,12-13H,10-11H2,1-5H3,(H,19,23). The summed E-state index contributed by atoms with van der Waals surface area (Å²) in [6.07, 6.45) is 2.24. The van der Waals surface area contributed by atoms with E-state index in [0.29, 0.717) is 12.5 Å². The number of rotatable bonds is 7. The summed E-state index contributed by atoms with van der Waals surface area (Å²) >= 11 is 0. The van der Waals surface area contributed by atoms with Crippen LogP contribution in [0.3, 0.4) is 0 Å². The molecule has 1 aromatic carbocycles. The van der Waals surface area contributed by atoms with E-state index in [2.05, 4.69) is 24.3 Å². The summed E-state index contributed by atoms with van der Waals surface area (Å²) < 4.78 is 28.3. The molecule has 8 heteroatoms. The Hall–Kier alpha value is -2.35. The number of benzene rings is 1. The van der Waals surface area contributed by atoms with E-state index < -0.39 is 10.0 Å². The number of amides is 1. The van der Waals surface area contributed by atoms with Crippen LogP contribution >= 0.6 is 0 Å². The Bertz CT molecular complexity index is 870. The average molecular weight is 378 g/mol. The molecule has 2 rings (SSSR count). The van der Waals surface area contributed by atoms with E-state index in [1.54, 1.807) is 31.3 Å². The van der Waals surface area contributed by atoms with Crippen LogP contribution in [0.5, 0.6) is 0 Å². The fourth-order valence-electron chi connectivity index (χ4n) is 2.52. The Labute approximate surface area is 155 Å². The third-order valence-electron chi connectivity index (χ3n) is 4.14. The number of carbonyl (C=O) groups excluding carboxylic acids is 1. The molecule has 1 aromatic heterocycles. The summed E-state index contributed by atoms with van der Waals surface area (Å²) in [6.45, 7) is 6.56. The van der Waals surface area contributed by atoms with Gasteiger partial charge in [0, 0.05) is 20.6 Å². The van der Waals surface area contributed by atoms with Gasteiger partial charge in [0.25, 0.3) is 15.9 Å². The molecule has 2 aromatic rings. The topological polar surface area (TPSA) is 84.3 Å². The zero-order valence-electron chi connectivity index (χ0n) is 15.9. The van der Waals surface area contributed by atoms with Gasteiger partial charge in [-0.05, 0) is 31.4 Å². The molecule has 7 nitrogen and oxygen atoms in total. The molecule has 1 amide bonds. The second-order valence-electron chi connectivity index (χ2n) is 6.73. The molecule has 0 saturated heterocycles. The normalized spacial score (nSPS) is 11.6. The van der Waals surface area contributed by atoms with Crippen molar-refractivity contribution in [2.45, 2.75) is 32.1 Å². The van der Waals surface area contributed by atoms with Crippen molar-refractivity contribution in [3.63, 3.8) is 0 Å². The van der Waals surface area contributed by atoms with Crippen molar-refractivity contribution in [3.8, 4) is 0 Å². The molecule has 0 atom stereocenters. The number of hydrogen-bond donors (Lipinski definition) is 1. The number of aryl methyl sites for hydroxylation is 2. The molecule has 142 valence electrons. The number of sulfonamides is 1. The SMILES string of the molecule is Cc1ccc(S(=O)(=O)N(C)c2c(C(=O)NCCC(C)C)cnn2C)cc1. The third-order valence-corrected chi connectivity index (χ3v) is 5.90. The second-order valence-corrected chi connectivity index (χ2v) is 8.70. The van der Waals surface area contributed by atoms with Crippen LogP contribution in [0.15, 0.2) is 35.4 Å². The predicted octanol–water partition coefficient (Wildman–Crippen LogP) is 2.33. The smallest absolute Gasteiger partial charge is 0.265 e. The van der Waals surface area contributed by atoms with Gasteiger partial charge in [0.15, 0.2) is 5.82 Å². The zero-order chi connectivity index (χ0) is 19.5.